The Morgan fingerprint density at radius 3 is 2.75 bits per heavy atom. The lowest BCUT2D eigenvalue weighted by molar-refractivity contribution is -0.133. The Labute approximate surface area is 141 Å². The van der Waals surface area contributed by atoms with Gasteiger partial charge < -0.3 is 9.64 Å². The molecule has 1 atom stereocenters. The lowest BCUT2D eigenvalue weighted by Gasteiger charge is -2.32. The second-order valence-electron chi connectivity index (χ2n) is 6.59. The molecule has 0 unspecified atom stereocenters. The molecule has 1 saturated carbocycles. The highest BCUT2D eigenvalue weighted by Gasteiger charge is 2.35. The number of aromatic nitrogens is 2. The summed E-state index contributed by atoms with van der Waals surface area (Å²) in [4.78, 5) is 23.2. The van der Waals surface area contributed by atoms with E-state index < -0.39 is 0 Å². The number of carbonyl (C=O) groups is 1. The molecule has 2 aromatic rings. The molecule has 1 aromatic heterocycles. The van der Waals surface area contributed by atoms with Crippen LogP contribution in [0, 0.1) is 5.92 Å². The fourth-order valence-corrected chi connectivity index (χ4v) is 3.22. The van der Waals surface area contributed by atoms with Gasteiger partial charge in [0.05, 0.1) is 11.9 Å². The molecule has 5 heteroatoms. The number of piperidine rings is 1. The molecule has 5 nitrogen and oxygen atoms in total. The van der Waals surface area contributed by atoms with Gasteiger partial charge in [-0.05, 0) is 37.8 Å². The molecule has 2 fully saturated rings. The van der Waals surface area contributed by atoms with Crippen LogP contribution in [0.4, 0.5) is 0 Å². The SMILES string of the molecule is O=C(C1CC1)N1CCC[C@H](c2cncc(Oc3ccccc3)n2)C1. The van der Waals surface area contributed by atoms with Gasteiger partial charge in [0.25, 0.3) is 0 Å². The number of rotatable bonds is 4. The zero-order valence-electron chi connectivity index (χ0n) is 13.6. The predicted octanol–water partition coefficient (Wildman–Crippen LogP) is 3.38. The second-order valence-corrected chi connectivity index (χ2v) is 6.59. The van der Waals surface area contributed by atoms with Crippen molar-refractivity contribution < 1.29 is 9.53 Å². The Morgan fingerprint density at radius 1 is 1.12 bits per heavy atom. The summed E-state index contributed by atoms with van der Waals surface area (Å²) in [5.41, 5.74) is 0.914. The smallest absolute Gasteiger partial charge is 0.238 e. The molecule has 1 aliphatic carbocycles. The van der Waals surface area contributed by atoms with Gasteiger partial charge in [-0.3, -0.25) is 9.78 Å². The third kappa shape index (κ3) is 3.40. The fraction of sp³-hybridized carbons (Fsp3) is 0.421. The first-order valence-electron chi connectivity index (χ1n) is 8.63. The van der Waals surface area contributed by atoms with E-state index in [1.54, 1.807) is 12.4 Å². The first-order valence-corrected chi connectivity index (χ1v) is 8.63. The maximum atomic E-state index is 12.3. The van der Waals surface area contributed by atoms with Gasteiger partial charge in [-0.15, -0.1) is 0 Å². The highest BCUT2D eigenvalue weighted by atomic mass is 16.5. The van der Waals surface area contributed by atoms with E-state index in [9.17, 15) is 4.79 Å². The molecule has 1 amide bonds. The summed E-state index contributed by atoms with van der Waals surface area (Å²) < 4.78 is 5.78. The predicted molar refractivity (Wildman–Crippen MR) is 89.8 cm³/mol. The quantitative estimate of drug-likeness (QED) is 0.865. The topological polar surface area (TPSA) is 55.3 Å². The Morgan fingerprint density at radius 2 is 1.96 bits per heavy atom. The van der Waals surface area contributed by atoms with E-state index in [0.29, 0.717) is 11.8 Å². The number of carbonyl (C=O) groups excluding carboxylic acids is 1. The van der Waals surface area contributed by atoms with Crippen molar-refractivity contribution in [3.63, 3.8) is 0 Å². The van der Waals surface area contributed by atoms with Crippen LogP contribution >= 0.6 is 0 Å². The van der Waals surface area contributed by atoms with E-state index in [0.717, 1.165) is 50.2 Å². The largest absolute Gasteiger partial charge is 0.437 e. The van der Waals surface area contributed by atoms with Crippen LogP contribution in [0.3, 0.4) is 0 Å². The van der Waals surface area contributed by atoms with Gasteiger partial charge in [0.15, 0.2) is 0 Å². The van der Waals surface area contributed by atoms with Crippen molar-refractivity contribution in [1.82, 2.24) is 14.9 Å². The summed E-state index contributed by atoms with van der Waals surface area (Å²) in [6, 6.07) is 9.59. The number of benzene rings is 1. The van der Waals surface area contributed by atoms with E-state index in [2.05, 4.69) is 9.97 Å². The summed E-state index contributed by atoms with van der Waals surface area (Å²) >= 11 is 0. The highest BCUT2D eigenvalue weighted by molar-refractivity contribution is 5.81. The van der Waals surface area contributed by atoms with Gasteiger partial charge >= 0.3 is 0 Å². The van der Waals surface area contributed by atoms with E-state index in [1.807, 2.05) is 35.2 Å². The van der Waals surface area contributed by atoms with Crippen LogP contribution in [0.15, 0.2) is 42.7 Å². The lowest BCUT2D eigenvalue weighted by atomic mass is 9.94. The Bertz CT molecular complexity index is 716. The third-order valence-corrected chi connectivity index (χ3v) is 4.67. The maximum absolute atomic E-state index is 12.3. The van der Waals surface area contributed by atoms with Gasteiger partial charge in [0.1, 0.15) is 5.75 Å². The number of nitrogens with zero attached hydrogens (tertiary/aromatic N) is 3. The van der Waals surface area contributed by atoms with E-state index in [1.165, 1.54) is 0 Å². The van der Waals surface area contributed by atoms with Crippen LogP contribution < -0.4 is 4.74 Å². The maximum Gasteiger partial charge on any atom is 0.238 e. The zero-order valence-corrected chi connectivity index (χ0v) is 13.6. The molecule has 0 bridgehead atoms. The van der Waals surface area contributed by atoms with E-state index in [-0.39, 0.29) is 11.8 Å². The van der Waals surface area contributed by atoms with Crippen molar-refractivity contribution in [2.45, 2.75) is 31.6 Å². The number of hydrogen-bond acceptors (Lipinski definition) is 4. The molecule has 2 aliphatic rings. The molecule has 24 heavy (non-hydrogen) atoms. The summed E-state index contributed by atoms with van der Waals surface area (Å²) in [6.45, 7) is 1.62. The number of ether oxygens (including phenoxy) is 1. The summed E-state index contributed by atoms with van der Waals surface area (Å²) in [5.74, 6) is 2.10. The second kappa shape index (κ2) is 6.59. The molecule has 1 saturated heterocycles. The van der Waals surface area contributed by atoms with Crippen molar-refractivity contribution in [1.29, 1.82) is 0 Å². The van der Waals surface area contributed by atoms with Gasteiger partial charge in [-0.1, -0.05) is 18.2 Å². The van der Waals surface area contributed by atoms with Crippen LogP contribution in [0.2, 0.25) is 0 Å². The zero-order chi connectivity index (χ0) is 16.4. The summed E-state index contributed by atoms with van der Waals surface area (Å²) in [6.07, 6.45) is 7.60. The molecular weight excluding hydrogens is 302 g/mol. The van der Waals surface area contributed by atoms with Gasteiger partial charge in [0.2, 0.25) is 11.8 Å². The van der Waals surface area contributed by atoms with Crippen molar-refractivity contribution in [2.75, 3.05) is 13.1 Å². The third-order valence-electron chi connectivity index (χ3n) is 4.67. The molecule has 0 N–H and O–H groups in total. The molecule has 124 valence electrons. The Kier molecular flexibility index (Phi) is 4.15. The number of para-hydroxylation sites is 1. The van der Waals surface area contributed by atoms with Crippen molar-refractivity contribution in [3.8, 4) is 11.6 Å². The van der Waals surface area contributed by atoms with Crippen LogP contribution in [0.1, 0.15) is 37.3 Å². The van der Waals surface area contributed by atoms with Crippen LogP contribution in [-0.4, -0.2) is 33.9 Å². The van der Waals surface area contributed by atoms with Gasteiger partial charge in [-0.2, -0.15) is 0 Å². The molecule has 2 heterocycles. The summed E-state index contributed by atoms with van der Waals surface area (Å²) in [5, 5.41) is 0. The Hall–Kier alpha value is -2.43. The van der Waals surface area contributed by atoms with Crippen LogP contribution in [0.5, 0.6) is 11.6 Å². The molecule has 4 rings (SSSR count). The van der Waals surface area contributed by atoms with Crippen molar-refractivity contribution in [2.24, 2.45) is 5.92 Å². The van der Waals surface area contributed by atoms with Crippen LogP contribution in [-0.2, 0) is 4.79 Å². The highest BCUT2D eigenvalue weighted by Crippen LogP contribution is 2.34. The minimum Gasteiger partial charge on any atom is -0.437 e. The van der Waals surface area contributed by atoms with E-state index >= 15 is 0 Å². The molecule has 0 radical (unpaired) electrons. The van der Waals surface area contributed by atoms with E-state index in [4.69, 9.17) is 4.74 Å². The normalized spacial score (nSPS) is 20.7. The molecule has 1 aliphatic heterocycles. The van der Waals surface area contributed by atoms with Gasteiger partial charge in [0, 0.05) is 31.1 Å². The number of amides is 1. The number of hydrogen-bond donors (Lipinski definition) is 0. The Balaban J connectivity index is 1.47. The first-order chi connectivity index (χ1) is 11.8. The average Bonchev–Trinajstić information content (AvgIpc) is 3.47. The monoisotopic (exact) mass is 323 g/mol. The molecule has 0 spiro atoms. The van der Waals surface area contributed by atoms with Gasteiger partial charge in [-0.25, -0.2) is 4.98 Å². The number of likely N-dealkylation sites (tertiary alicyclic amines) is 1. The minimum atomic E-state index is 0.244. The van der Waals surface area contributed by atoms with Crippen molar-refractivity contribution >= 4 is 5.91 Å². The van der Waals surface area contributed by atoms with Crippen molar-refractivity contribution in [3.05, 3.63) is 48.4 Å². The fourth-order valence-electron chi connectivity index (χ4n) is 3.22. The standard InChI is InChI=1S/C19H21N3O2/c23-19(14-8-9-14)22-10-4-5-15(13-22)17-11-20-12-18(21-17)24-16-6-2-1-3-7-16/h1-3,6-7,11-12,14-15H,4-5,8-10,13H2/t15-/m0/s1. The summed E-state index contributed by atoms with van der Waals surface area (Å²) in [7, 11) is 0. The molecule has 1 aromatic carbocycles. The van der Waals surface area contributed by atoms with Crippen LogP contribution in [0.25, 0.3) is 0 Å². The first kappa shape index (κ1) is 15.1. The average molecular weight is 323 g/mol. The lowest BCUT2D eigenvalue weighted by Crippen LogP contribution is -2.40. The minimum absolute atomic E-state index is 0.244. The molecular formula is C19H21N3O2.